The molecule has 0 saturated heterocycles. The van der Waals surface area contributed by atoms with E-state index in [2.05, 4.69) is 10.3 Å². The monoisotopic (exact) mass is 354 g/mol. The van der Waals surface area contributed by atoms with Crippen LogP contribution in [0, 0.1) is 0 Å². The standard InChI is InChI=1S/C20H16Cl2N2/c21-19(23-17-7-3-1-4-8-17)15-11-13-16(14-12-15)20(22)24-18-9-5-2-6-10-18/h1-14,19,23H. The van der Waals surface area contributed by atoms with Crippen LogP contribution >= 0.6 is 23.2 Å². The Morgan fingerprint density at radius 1 is 0.792 bits per heavy atom. The van der Waals surface area contributed by atoms with Crippen LogP contribution in [0.4, 0.5) is 11.4 Å². The predicted octanol–water partition coefficient (Wildman–Crippen LogP) is 6.35. The molecule has 0 bridgehead atoms. The van der Waals surface area contributed by atoms with Gasteiger partial charge in [0.2, 0.25) is 0 Å². The highest BCUT2D eigenvalue weighted by molar-refractivity contribution is 6.69. The van der Waals surface area contributed by atoms with E-state index in [1.165, 1.54) is 0 Å². The van der Waals surface area contributed by atoms with Crippen molar-refractivity contribution in [2.75, 3.05) is 5.32 Å². The number of hydrogen-bond acceptors (Lipinski definition) is 2. The molecule has 3 rings (SSSR count). The molecule has 24 heavy (non-hydrogen) atoms. The average molecular weight is 355 g/mol. The Morgan fingerprint density at radius 3 is 2.00 bits per heavy atom. The fraction of sp³-hybridized carbons (Fsp3) is 0.0500. The summed E-state index contributed by atoms with van der Waals surface area (Å²) in [4.78, 5) is 4.41. The molecule has 0 fully saturated rings. The number of hydrogen-bond donors (Lipinski definition) is 1. The molecule has 0 aromatic heterocycles. The smallest absolute Gasteiger partial charge is 0.136 e. The number of alkyl halides is 1. The van der Waals surface area contributed by atoms with Crippen molar-refractivity contribution in [3.8, 4) is 0 Å². The van der Waals surface area contributed by atoms with Gasteiger partial charge in [-0.3, -0.25) is 0 Å². The Balaban J connectivity index is 1.72. The minimum absolute atomic E-state index is 0.314. The highest BCUT2D eigenvalue weighted by Crippen LogP contribution is 2.24. The number of rotatable bonds is 5. The van der Waals surface area contributed by atoms with Crippen molar-refractivity contribution in [3.63, 3.8) is 0 Å². The molecule has 0 heterocycles. The van der Waals surface area contributed by atoms with E-state index < -0.39 is 0 Å². The molecule has 4 heteroatoms. The van der Waals surface area contributed by atoms with Crippen LogP contribution in [0.2, 0.25) is 0 Å². The third-order valence-corrected chi connectivity index (χ3v) is 4.16. The second-order valence-electron chi connectivity index (χ2n) is 5.23. The summed E-state index contributed by atoms with van der Waals surface area (Å²) in [7, 11) is 0. The summed E-state index contributed by atoms with van der Waals surface area (Å²) < 4.78 is 0. The summed E-state index contributed by atoms with van der Waals surface area (Å²) in [6, 6.07) is 27.2. The van der Waals surface area contributed by atoms with Crippen LogP contribution in [0.3, 0.4) is 0 Å². The van der Waals surface area contributed by atoms with Gasteiger partial charge in [0.25, 0.3) is 0 Å². The zero-order valence-electron chi connectivity index (χ0n) is 12.9. The number of halogens is 2. The van der Waals surface area contributed by atoms with Crippen molar-refractivity contribution in [2.45, 2.75) is 5.50 Å². The lowest BCUT2D eigenvalue weighted by atomic mass is 10.1. The maximum absolute atomic E-state index is 6.43. The Morgan fingerprint density at radius 2 is 1.38 bits per heavy atom. The van der Waals surface area contributed by atoms with Gasteiger partial charge in [-0.15, -0.1) is 0 Å². The average Bonchev–Trinajstić information content (AvgIpc) is 2.63. The molecule has 3 aromatic carbocycles. The quantitative estimate of drug-likeness (QED) is 0.322. The SMILES string of the molecule is ClC(=Nc1ccccc1)c1ccc(C(Cl)Nc2ccccc2)cc1. The summed E-state index contributed by atoms with van der Waals surface area (Å²) in [5.41, 5.74) is 3.31. The maximum Gasteiger partial charge on any atom is 0.136 e. The van der Waals surface area contributed by atoms with Crippen LogP contribution < -0.4 is 5.32 Å². The first-order chi connectivity index (χ1) is 11.7. The lowest BCUT2D eigenvalue weighted by molar-refractivity contribution is 1.10. The predicted molar refractivity (Wildman–Crippen MR) is 104 cm³/mol. The molecule has 0 saturated carbocycles. The highest BCUT2D eigenvalue weighted by Gasteiger charge is 2.08. The molecule has 3 aromatic rings. The number of para-hydroxylation sites is 2. The zero-order chi connectivity index (χ0) is 16.8. The molecule has 0 aliphatic rings. The van der Waals surface area contributed by atoms with Crippen LogP contribution in [-0.4, -0.2) is 5.17 Å². The second kappa shape index (κ2) is 8.00. The van der Waals surface area contributed by atoms with Crippen molar-refractivity contribution >= 4 is 39.7 Å². The first-order valence-corrected chi connectivity index (χ1v) is 8.39. The van der Waals surface area contributed by atoms with Crippen molar-refractivity contribution in [1.82, 2.24) is 0 Å². The molecule has 2 nitrogen and oxygen atoms in total. The number of aliphatic imine (C=N–C) groups is 1. The van der Waals surface area contributed by atoms with Gasteiger partial charge in [0.15, 0.2) is 0 Å². The Bertz CT molecular complexity index is 800. The van der Waals surface area contributed by atoms with Crippen molar-refractivity contribution in [2.24, 2.45) is 4.99 Å². The van der Waals surface area contributed by atoms with Gasteiger partial charge in [0.05, 0.1) is 5.69 Å². The van der Waals surface area contributed by atoms with Gasteiger partial charge in [0, 0.05) is 11.3 Å². The second-order valence-corrected chi connectivity index (χ2v) is 6.03. The maximum atomic E-state index is 6.43. The molecule has 0 aliphatic heterocycles. The molecule has 1 unspecified atom stereocenters. The van der Waals surface area contributed by atoms with Gasteiger partial charge in [0.1, 0.15) is 10.7 Å². The summed E-state index contributed by atoms with van der Waals surface area (Å²) in [5, 5.41) is 3.70. The first kappa shape index (κ1) is 16.6. The third-order valence-electron chi connectivity index (χ3n) is 3.49. The van der Waals surface area contributed by atoms with Gasteiger partial charge < -0.3 is 5.32 Å². The zero-order valence-corrected chi connectivity index (χ0v) is 14.4. The van der Waals surface area contributed by atoms with Gasteiger partial charge >= 0.3 is 0 Å². The highest BCUT2D eigenvalue weighted by atomic mass is 35.5. The summed E-state index contributed by atoms with van der Waals surface area (Å²) in [5.74, 6) is 0. The van der Waals surface area contributed by atoms with Crippen LogP contribution in [0.25, 0.3) is 0 Å². The van der Waals surface area contributed by atoms with Crippen molar-refractivity contribution < 1.29 is 0 Å². The van der Waals surface area contributed by atoms with E-state index in [1.807, 2.05) is 84.9 Å². The molecule has 0 amide bonds. The van der Waals surface area contributed by atoms with E-state index in [9.17, 15) is 0 Å². The van der Waals surface area contributed by atoms with Crippen LogP contribution in [0.15, 0.2) is 89.9 Å². The molecular formula is C20H16Cl2N2. The molecule has 0 radical (unpaired) electrons. The van der Waals surface area contributed by atoms with Crippen molar-refractivity contribution in [1.29, 1.82) is 0 Å². The normalized spacial score (nSPS) is 12.7. The first-order valence-electron chi connectivity index (χ1n) is 7.57. The molecule has 1 atom stereocenters. The summed E-state index contributed by atoms with van der Waals surface area (Å²) >= 11 is 12.7. The van der Waals surface area contributed by atoms with E-state index in [-0.39, 0.29) is 5.50 Å². The van der Waals surface area contributed by atoms with E-state index in [0.717, 1.165) is 22.5 Å². The van der Waals surface area contributed by atoms with E-state index in [1.54, 1.807) is 0 Å². The minimum Gasteiger partial charge on any atom is -0.366 e. The number of benzene rings is 3. The van der Waals surface area contributed by atoms with Gasteiger partial charge in [-0.2, -0.15) is 0 Å². The fourth-order valence-corrected chi connectivity index (χ4v) is 2.73. The Hall–Kier alpha value is -2.29. The third kappa shape index (κ3) is 4.38. The summed E-state index contributed by atoms with van der Waals surface area (Å²) in [6.45, 7) is 0. The molecule has 0 aliphatic carbocycles. The van der Waals surface area contributed by atoms with E-state index in [0.29, 0.717) is 5.17 Å². The number of nitrogens with zero attached hydrogens (tertiary/aromatic N) is 1. The van der Waals surface area contributed by atoms with Crippen LogP contribution in [0.1, 0.15) is 16.6 Å². The topological polar surface area (TPSA) is 24.4 Å². The molecule has 120 valence electrons. The molecule has 1 N–H and O–H groups in total. The number of nitrogens with one attached hydrogen (secondary N) is 1. The van der Waals surface area contributed by atoms with Crippen LogP contribution in [0.5, 0.6) is 0 Å². The molecular weight excluding hydrogens is 339 g/mol. The fourth-order valence-electron chi connectivity index (χ4n) is 2.23. The number of anilines is 1. The van der Waals surface area contributed by atoms with E-state index >= 15 is 0 Å². The minimum atomic E-state index is -0.314. The van der Waals surface area contributed by atoms with Gasteiger partial charge in [-0.1, -0.05) is 83.9 Å². The summed E-state index contributed by atoms with van der Waals surface area (Å²) in [6.07, 6.45) is 0. The largest absolute Gasteiger partial charge is 0.366 e. The van der Waals surface area contributed by atoms with Gasteiger partial charge in [-0.25, -0.2) is 4.99 Å². The molecule has 0 spiro atoms. The lowest BCUT2D eigenvalue weighted by Gasteiger charge is -2.14. The van der Waals surface area contributed by atoms with E-state index in [4.69, 9.17) is 23.2 Å². The van der Waals surface area contributed by atoms with Crippen molar-refractivity contribution in [3.05, 3.63) is 96.1 Å². The Labute approximate surface area is 151 Å². The Kier molecular flexibility index (Phi) is 5.52. The van der Waals surface area contributed by atoms with Crippen LogP contribution in [-0.2, 0) is 0 Å². The van der Waals surface area contributed by atoms with Gasteiger partial charge in [-0.05, 0) is 29.8 Å². The lowest BCUT2D eigenvalue weighted by Crippen LogP contribution is -2.04.